The smallest absolute Gasteiger partial charge is 0.232 e. The molecule has 2 heterocycles. The van der Waals surface area contributed by atoms with E-state index in [1.807, 2.05) is 53.4 Å². The molecule has 0 atom stereocenters. The highest BCUT2D eigenvalue weighted by Gasteiger charge is 2.29. The number of anilines is 1. The lowest BCUT2D eigenvalue weighted by molar-refractivity contribution is -0.125. The number of ether oxygens (including phenoxy) is 2. The molecule has 0 radical (unpaired) electrons. The topological polar surface area (TPSA) is 51.7 Å². The summed E-state index contributed by atoms with van der Waals surface area (Å²) in [5.41, 5.74) is 1.98. The lowest BCUT2D eigenvalue weighted by Crippen LogP contribution is -2.38. The Morgan fingerprint density at radius 1 is 1.22 bits per heavy atom. The Balaban J connectivity index is 1.69. The van der Waals surface area contributed by atoms with E-state index < -0.39 is 0 Å². The highest BCUT2D eigenvalue weighted by molar-refractivity contribution is 7.22. The Bertz CT molecular complexity index is 920. The average molecular weight is 382 g/mol. The van der Waals surface area contributed by atoms with Gasteiger partial charge in [0.1, 0.15) is 5.75 Å². The van der Waals surface area contributed by atoms with Gasteiger partial charge in [0.25, 0.3) is 0 Å². The molecule has 0 spiro atoms. The monoisotopic (exact) mass is 382 g/mol. The Morgan fingerprint density at radius 2 is 2.00 bits per heavy atom. The Morgan fingerprint density at radius 3 is 2.74 bits per heavy atom. The molecule has 1 aliphatic heterocycles. The summed E-state index contributed by atoms with van der Waals surface area (Å²) < 4.78 is 11.8. The second-order valence-electron chi connectivity index (χ2n) is 6.63. The third kappa shape index (κ3) is 3.96. The lowest BCUT2D eigenvalue weighted by Gasteiger charge is -2.27. The number of carbonyl (C=O) groups is 1. The van der Waals surface area contributed by atoms with Crippen molar-refractivity contribution in [3.05, 3.63) is 54.1 Å². The van der Waals surface area contributed by atoms with Gasteiger partial charge in [-0.25, -0.2) is 4.98 Å². The van der Waals surface area contributed by atoms with Crippen LogP contribution in [-0.4, -0.2) is 31.2 Å². The molecule has 1 aliphatic rings. The molecular weight excluding hydrogens is 360 g/mol. The van der Waals surface area contributed by atoms with E-state index in [0.29, 0.717) is 19.8 Å². The number of fused-ring (bicyclic) bond motifs is 1. The van der Waals surface area contributed by atoms with E-state index in [1.54, 1.807) is 7.11 Å². The highest BCUT2D eigenvalue weighted by Crippen LogP contribution is 2.33. The van der Waals surface area contributed by atoms with Crippen molar-refractivity contribution in [3.63, 3.8) is 0 Å². The largest absolute Gasteiger partial charge is 0.497 e. The molecule has 5 nitrogen and oxygen atoms in total. The van der Waals surface area contributed by atoms with Gasteiger partial charge in [-0.05, 0) is 36.6 Å². The number of nitrogens with zero attached hydrogens (tertiary/aromatic N) is 2. The van der Waals surface area contributed by atoms with Gasteiger partial charge in [-0.2, -0.15) is 0 Å². The predicted octanol–water partition coefficient (Wildman–Crippen LogP) is 4.26. The Labute approximate surface area is 162 Å². The molecule has 140 valence electrons. The van der Waals surface area contributed by atoms with Gasteiger partial charge in [-0.1, -0.05) is 41.7 Å². The van der Waals surface area contributed by atoms with Crippen molar-refractivity contribution in [1.29, 1.82) is 0 Å². The van der Waals surface area contributed by atoms with Gasteiger partial charge in [0.15, 0.2) is 5.13 Å². The van der Waals surface area contributed by atoms with E-state index in [2.05, 4.69) is 0 Å². The molecule has 0 unspecified atom stereocenters. The average Bonchev–Trinajstić information content (AvgIpc) is 3.15. The zero-order valence-corrected chi connectivity index (χ0v) is 16.1. The highest BCUT2D eigenvalue weighted by atomic mass is 32.1. The molecule has 6 heteroatoms. The second kappa shape index (κ2) is 8.06. The summed E-state index contributed by atoms with van der Waals surface area (Å²) in [5, 5.41) is 0.735. The van der Waals surface area contributed by atoms with Crippen LogP contribution in [0.2, 0.25) is 0 Å². The fraction of sp³-hybridized carbons (Fsp3) is 0.333. The maximum atomic E-state index is 13.3. The van der Waals surface area contributed by atoms with E-state index >= 15 is 0 Å². The minimum atomic E-state index is -0.0102. The Hall–Kier alpha value is -2.44. The van der Waals surface area contributed by atoms with Crippen LogP contribution in [0.5, 0.6) is 5.75 Å². The number of carbonyl (C=O) groups excluding carboxylic acids is 1. The van der Waals surface area contributed by atoms with Gasteiger partial charge in [-0.15, -0.1) is 0 Å². The van der Waals surface area contributed by atoms with Crippen LogP contribution in [0.15, 0.2) is 48.5 Å². The number of methoxy groups -OCH3 is 1. The van der Waals surface area contributed by atoms with E-state index in [1.165, 1.54) is 11.3 Å². The first kappa shape index (κ1) is 17.9. The third-order valence-corrected chi connectivity index (χ3v) is 5.88. The molecule has 0 bridgehead atoms. The molecule has 0 aliphatic carbocycles. The molecule has 1 amide bonds. The molecule has 1 aromatic heterocycles. The zero-order valence-electron chi connectivity index (χ0n) is 15.3. The minimum Gasteiger partial charge on any atom is -0.497 e. The number of rotatable bonds is 5. The van der Waals surface area contributed by atoms with Gasteiger partial charge in [0.05, 0.1) is 23.9 Å². The van der Waals surface area contributed by atoms with Crippen molar-refractivity contribution in [3.8, 4) is 5.75 Å². The summed E-state index contributed by atoms with van der Waals surface area (Å²) in [5.74, 6) is 0.917. The first-order valence-electron chi connectivity index (χ1n) is 9.12. The third-order valence-electron chi connectivity index (χ3n) is 4.84. The maximum Gasteiger partial charge on any atom is 0.232 e. The van der Waals surface area contributed by atoms with Crippen molar-refractivity contribution in [1.82, 2.24) is 4.98 Å². The normalized spacial score (nSPS) is 15.0. The van der Waals surface area contributed by atoms with Gasteiger partial charge in [-0.3, -0.25) is 9.69 Å². The summed E-state index contributed by atoms with van der Waals surface area (Å²) in [7, 11) is 1.65. The second-order valence-corrected chi connectivity index (χ2v) is 7.64. The molecule has 3 aromatic rings. The van der Waals surface area contributed by atoms with Gasteiger partial charge in [0, 0.05) is 19.1 Å². The molecular formula is C21H22N2O3S. The van der Waals surface area contributed by atoms with Gasteiger partial charge < -0.3 is 9.47 Å². The van der Waals surface area contributed by atoms with Crippen LogP contribution in [0.3, 0.4) is 0 Å². The maximum absolute atomic E-state index is 13.3. The molecule has 0 saturated carbocycles. The summed E-state index contributed by atoms with van der Waals surface area (Å²) >= 11 is 1.53. The van der Waals surface area contributed by atoms with Crippen LogP contribution in [0.4, 0.5) is 5.13 Å². The van der Waals surface area contributed by atoms with Crippen molar-refractivity contribution < 1.29 is 14.3 Å². The van der Waals surface area contributed by atoms with E-state index in [-0.39, 0.29) is 11.8 Å². The number of hydrogen-bond acceptors (Lipinski definition) is 5. The molecule has 1 saturated heterocycles. The van der Waals surface area contributed by atoms with Crippen LogP contribution in [0.1, 0.15) is 18.4 Å². The van der Waals surface area contributed by atoms with Crippen molar-refractivity contribution in [2.45, 2.75) is 19.4 Å². The molecule has 27 heavy (non-hydrogen) atoms. The van der Waals surface area contributed by atoms with Crippen molar-refractivity contribution in [2.75, 3.05) is 25.2 Å². The van der Waals surface area contributed by atoms with Crippen LogP contribution in [0.25, 0.3) is 10.2 Å². The SMILES string of the molecule is COc1ccc2nc(N(Cc3ccccc3)C(=O)C3CCOCC3)sc2c1. The number of thiazole rings is 1. The van der Waals surface area contributed by atoms with Crippen molar-refractivity contribution in [2.24, 2.45) is 5.92 Å². The summed E-state index contributed by atoms with van der Waals surface area (Å²) in [6.07, 6.45) is 1.53. The van der Waals surface area contributed by atoms with Crippen LogP contribution >= 0.6 is 11.3 Å². The van der Waals surface area contributed by atoms with Crippen LogP contribution in [0, 0.1) is 5.92 Å². The lowest BCUT2D eigenvalue weighted by atomic mass is 9.98. The zero-order chi connectivity index (χ0) is 18.6. The summed E-state index contributed by atoms with van der Waals surface area (Å²) in [4.78, 5) is 19.9. The molecule has 0 N–H and O–H groups in total. The van der Waals surface area contributed by atoms with Crippen LogP contribution in [-0.2, 0) is 16.1 Å². The fourth-order valence-electron chi connectivity index (χ4n) is 3.31. The molecule has 2 aromatic carbocycles. The fourth-order valence-corrected chi connectivity index (χ4v) is 4.30. The number of aromatic nitrogens is 1. The number of amides is 1. The molecule has 1 fully saturated rings. The standard InChI is InChI=1S/C21H22N2O3S/c1-25-17-7-8-18-19(13-17)27-21(22-18)23(14-15-5-3-2-4-6-15)20(24)16-9-11-26-12-10-16/h2-8,13,16H,9-12,14H2,1H3. The van der Waals surface area contributed by atoms with E-state index in [0.717, 1.165) is 39.5 Å². The first-order valence-corrected chi connectivity index (χ1v) is 9.94. The predicted molar refractivity (Wildman–Crippen MR) is 107 cm³/mol. The minimum absolute atomic E-state index is 0.0102. The van der Waals surface area contributed by atoms with Crippen molar-refractivity contribution >= 4 is 32.6 Å². The van der Waals surface area contributed by atoms with E-state index in [4.69, 9.17) is 14.5 Å². The number of benzene rings is 2. The summed E-state index contributed by atoms with van der Waals surface area (Å²) in [6, 6.07) is 15.9. The van der Waals surface area contributed by atoms with Gasteiger partial charge >= 0.3 is 0 Å². The number of hydrogen-bond donors (Lipinski definition) is 0. The first-order chi connectivity index (χ1) is 13.2. The molecule has 4 rings (SSSR count). The quantitative estimate of drug-likeness (QED) is 0.661. The summed E-state index contributed by atoms with van der Waals surface area (Å²) in [6.45, 7) is 1.81. The van der Waals surface area contributed by atoms with E-state index in [9.17, 15) is 4.79 Å². The van der Waals surface area contributed by atoms with Crippen LogP contribution < -0.4 is 9.64 Å². The Kier molecular flexibility index (Phi) is 5.36. The van der Waals surface area contributed by atoms with Gasteiger partial charge in [0.2, 0.25) is 5.91 Å².